The first-order valence-electron chi connectivity index (χ1n) is 8.17. The summed E-state index contributed by atoms with van der Waals surface area (Å²) in [6.07, 6.45) is 2.04. The predicted molar refractivity (Wildman–Crippen MR) is 99.2 cm³/mol. The van der Waals surface area contributed by atoms with Gasteiger partial charge in [0.25, 0.3) is 5.56 Å². The third kappa shape index (κ3) is 3.75. The standard InChI is InChI=1S/C18H16ClFN4O3/c1-10-12(20)8-21-9-14(10)24-15(6-3-7-22-18(26)27)23-13-5-2-4-11(19)16(13)17(24)25/h2,4-5,8-9,22H,3,6-7H2,1H3,(H,26,27). The van der Waals surface area contributed by atoms with Gasteiger partial charge in [-0.2, -0.15) is 0 Å². The molecule has 1 amide bonds. The van der Waals surface area contributed by atoms with Gasteiger partial charge in [0.2, 0.25) is 0 Å². The molecule has 0 radical (unpaired) electrons. The number of aryl methyl sites for hydroxylation is 1. The summed E-state index contributed by atoms with van der Waals surface area (Å²) >= 11 is 6.19. The van der Waals surface area contributed by atoms with Crippen molar-refractivity contribution in [3.8, 4) is 5.69 Å². The largest absolute Gasteiger partial charge is 0.465 e. The molecule has 3 aromatic rings. The summed E-state index contributed by atoms with van der Waals surface area (Å²) in [5, 5.41) is 11.4. The van der Waals surface area contributed by atoms with E-state index in [1.807, 2.05) is 0 Å². The number of amides is 1. The van der Waals surface area contributed by atoms with E-state index in [0.29, 0.717) is 24.2 Å². The molecule has 0 aliphatic heterocycles. The SMILES string of the molecule is Cc1c(F)cncc1-n1c(CCCNC(=O)O)nc2cccc(Cl)c2c1=O. The number of pyridine rings is 1. The van der Waals surface area contributed by atoms with Gasteiger partial charge in [0, 0.05) is 18.5 Å². The lowest BCUT2D eigenvalue weighted by Crippen LogP contribution is -2.27. The molecule has 3 rings (SSSR count). The molecule has 7 nitrogen and oxygen atoms in total. The number of carboxylic acid groups (broad SMARTS) is 1. The van der Waals surface area contributed by atoms with Gasteiger partial charge in [-0.05, 0) is 25.5 Å². The van der Waals surface area contributed by atoms with Crippen LogP contribution in [0.25, 0.3) is 16.6 Å². The minimum absolute atomic E-state index is 0.194. The van der Waals surface area contributed by atoms with Crippen LogP contribution in [0.15, 0.2) is 35.4 Å². The van der Waals surface area contributed by atoms with Gasteiger partial charge in [0.1, 0.15) is 11.6 Å². The van der Waals surface area contributed by atoms with E-state index >= 15 is 0 Å². The lowest BCUT2D eigenvalue weighted by Gasteiger charge is -2.16. The fourth-order valence-corrected chi connectivity index (χ4v) is 3.06. The Kier molecular flexibility index (Phi) is 5.36. The average molecular weight is 391 g/mol. The number of carbonyl (C=O) groups is 1. The number of aromatic nitrogens is 3. The summed E-state index contributed by atoms with van der Waals surface area (Å²) < 4.78 is 15.3. The van der Waals surface area contributed by atoms with Crippen LogP contribution in [0.1, 0.15) is 17.8 Å². The van der Waals surface area contributed by atoms with E-state index < -0.39 is 17.5 Å². The molecule has 2 heterocycles. The molecule has 0 saturated carbocycles. The van der Waals surface area contributed by atoms with Gasteiger partial charge in [-0.3, -0.25) is 14.3 Å². The van der Waals surface area contributed by atoms with Crippen LogP contribution >= 0.6 is 11.6 Å². The Labute approximate surface area is 158 Å². The minimum atomic E-state index is -1.13. The summed E-state index contributed by atoms with van der Waals surface area (Å²) in [4.78, 5) is 32.1. The van der Waals surface area contributed by atoms with Gasteiger partial charge >= 0.3 is 6.09 Å². The molecule has 0 aliphatic rings. The van der Waals surface area contributed by atoms with Crippen molar-refractivity contribution in [1.82, 2.24) is 19.9 Å². The molecule has 140 valence electrons. The van der Waals surface area contributed by atoms with Crippen molar-refractivity contribution in [3.63, 3.8) is 0 Å². The van der Waals surface area contributed by atoms with Crippen molar-refractivity contribution in [2.24, 2.45) is 0 Å². The zero-order chi connectivity index (χ0) is 19.6. The summed E-state index contributed by atoms with van der Waals surface area (Å²) in [6.45, 7) is 1.74. The van der Waals surface area contributed by atoms with E-state index in [4.69, 9.17) is 16.7 Å². The van der Waals surface area contributed by atoms with E-state index in [2.05, 4.69) is 15.3 Å². The molecular formula is C18H16ClFN4O3. The summed E-state index contributed by atoms with van der Waals surface area (Å²) in [7, 11) is 0. The number of fused-ring (bicyclic) bond motifs is 1. The van der Waals surface area contributed by atoms with Gasteiger partial charge in [-0.25, -0.2) is 14.2 Å². The Bertz CT molecular complexity index is 1080. The lowest BCUT2D eigenvalue weighted by atomic mass is 10.2. The maximum Gasteiger partial charge on any atom is 0.404 e. The van der Waals surface area contributed by atoms with Crippen LogP contribution in [-0.2, 0) is 6.42 Å². The van der Waals surface area contributed by atoms with E-state index in [9.17, 15) is 14.0 Å². The van der Waals surface area contributed by atoms with Gasteiger partial charge in [-0.15, -0.1) is 0 Å². The maximum atomic E-state index is 14.0. The average Bonchev–Trinajstić information content (AvgIpc) is 2.61. The van der Waals surface area contributed by atoms with Gasteiger partial charge in [0.15, 0.2) is 0 Å². The highest BCUT2D eigenvalue weighted by Crippen LogP contribution is 2.22. The molecule has 27 heavy (non-hydrogen) atoms. The van der Waals surface area contributed by atoms with E-state index in [-0.39, 0.29) is 28.2 Å². The number of benzene rings is 1. The minimum Gasteiger partial charge on any atom is -0.465 e. The second-order valence-corrected chi connectivity index (χ2v) is 6.31. The first kappa shape index (κ1) is 18.8. The number of rotatable bonds is 5. The zero-order valence-corrected chi connectivity index (χ0v) is 15.1. The molecule has 0 aliphatic carbocycles. The zero-order valence-electron chi connectivity index (χ0n) is 14.4. The van der Waals surface area contributed by atoms with Crippen LogP contribution < -0.4 is 10.9 Å². The van der Waals surface area contributed by atoms with Crippen molar-refractivity contribution >= 4 is 28.6 Å². The van der Waals surface area contributed by atoms with Gasteiger partial charge in [0.05, 0.1) is 34.0 Å². The number of nitrogens with zero attached hydrogens (tertiary/aromatic N) is 3. The smallest absolute Gasteiger partial charge is 0.404 e. The van der Waals surface area contributed by atoms with Crippen molar-refractivity contribution in [3.05, 3.63) is 63.2 Å². The molecule has 2 aromatic heterocycles. The lowest BCUT2D eigenvalue weighted by molar-refractivity contribution is 0.194. The van der Waals surface area contributed by atoms with Crippen molar-refractivity contribution in [2.75, 3.05) is 6.54 Å². The summed E-state index contributed by atoms with van der Waals surface area (Å²) in [6, 6.07) is 4.94. The Morgan fingerprint density at radius 1 is 1.37 bits per heavy atom. The van der Waals surface area contributed by atoms with Crippen LogP contribution in [0.2, 0.25) is 5.02 Å². The van der Waals surface area contributed by atoms with Crippen molar-refractivity contribution in [2.45, 2.75) is 19.8 Å². The molecule has 9 heteroatoms. The predicted octanol–water partition coefficient (Wildman–Crippen LogP) is 3.08. The van der Waals surface area contributed by atoms with Gasteiger partial charge < -0.3 is 10.4 Å². The van der Waals surface area contributed by atoms with Gasteiger partial charge in [-0.1, -0.05) is 17.7 Å². The van der Waals surface area contributed by atoms with E-state index in [1.165, 1.54) is 10.8 Å². The van der Waals surface area contributed by atoms with Crippen LogP contribution in [-0.4, -0.2) is 32.3 Å². The Morgan fingerprint density at radius 2 is 2.15 bits per heavy atom. The number of hydrogen-bond acceptors (Lipinski definition) is 4. The monoisotopic (exact) mass is 390 g/mol. The molecule has 0 atom stereocenters. The molecule has 0 spiro atoms. The van der Waals surface area contributed by atoms with E-state index in [1.54, 1.807) is 25.1 Å². The summed E-state index contributed by atoms with van der Waals surface area (Å²) in [5.41, 5.74) is 0.523. The second-order valence-electron chi connectivity index (χ2n) is 5.90. The second kappa shape index (κ2) is 7.71. The molecule has 0 fully saturated rings. The van der Waals surface area contributed by atoms with Crippen molar-refractivity contribution in [1.29, 1.82) is 0 Å². The van der Waals surface area contributed by atoms with Crippen LogP contribution in [0.3, 0.4) is 0 Å². The maximum absolute atomic E-state index is 14.0. The fourth-order valence-electron chi connectivity index (χ4n) is 2.81. The molecule has 0 bridgehead atoms. The number of nitrogens with one attached hydrogen (secondary N) is 1. The molecule has 1 aromatic carbocycles. The molecule has 0 saturated heterocycles. The summed E-state index contributed by atoms with van der Waals surface area (Å²) in [5.74, 6) is -0.172. The highest BCUT2D eigenvalue weighted by Gasteiger charge is 2.17. The topological polar surface area (TPSA) is 97.1 Å². The number of halogens is 2. The highest BCUT2D eigenvalue weighted by atomic mass is 35.5. The van der Waals surface area contributed by atoms with Crippen LogP contribution in [0.4, 0.5) is 9.18 Å². The normalized spacial score (nSPS) is 10.9. The quantitative estimate of drug-likeness (QED) is 0.652. The first-order valence-corrected chi connectivity index (χ1v) is 8.55. The van der Waals surface area contributed by atoms with Crippen LogP contribution in [0, 0.1) is 12.7 Å². The third-order valence-electron chi connectivity index (χ3n) is 4.14. The van der Waals surface area contributed by atoms with Crippen molar-refractivity contribution < 1.29 is 14.3 Å². The molecule has 0 unspecified atom stereocenters. The Hall–Kier alpha value is -3.00. The molecular weight excluding hydrogens is 375 g/mol. The van der Waals surface area contributed by atoms with Crippen LogP contribution in [0.5, 0.6) is 0 Å². The Balaban J connectivity index is 2.18. The number of hydrogen-bond donors (Lipinski definition) is 2. The third-order valence-corrected chi connectivity index (χ3v) is 4.45. The van der Waals surface area contributed by atoms with E-state index in [0.717, 1.165) is 6.20 Å². The Morgan fingerprint density at radius 3 is 2.89 bits per heavy atom. The highest BCUT2D eigenvalue weighted by molar-refractivity contribution is 6.35. The first-order chi connectivity index (χ1) is 12.9. The fraction of sp³-hybridized carbons (Fsp3) is 0.222. The molecule has 2 N–H and O–H groups in total.